The third-order valence-electron chi connectivity index (χ3n) is 2.86. The van der Waals surface area contributed by atoms with Gasteiger partial charge < -0.3 is 10.7 Å². The first-order valence-corrected chi connectivity index (χ1v) is 5.99. The molecule has 0 amide bonds. The van der Waals surface area contributed by atoms with Crippen LogP contribution in [-0.4, -0.2) is 4.98 Å². The summed E-state index contributed by atoms with van der Waals surface area (Å²) in [6, 6.07) is 9.98. The Morgan fingerprint density at radius 3 is 2.50 bits per heavy atom. The summed E-state index contributed by atoms with van der Waals surface area (Å²) in [6.07, 6.45) is 4.08. The van der Waals surface area contributed by atoms with E-state index in [1.807, 2.05) is 44.2 Å². The highest BCUT2D eigenvalue weighted by Gasteiger charge is 2.07. The quantitative estimate of drug-likeness (QED) is 0.768. The van der Waals surface area contributed by atoms with Gasteiger partial charge in [-0.25, -0.2) is 0 Å². The topological polar surface area (TPSA) is 41.8 Å². The number of allylic oxidation sites excluding steroid dienone is 2. The second kappa shape index (κ2) is 4.96. The van der Waals surface area contributed by atoms with Crippen LogP contribution in [0.2, 0.25) is 0 Å². The molecule has 0 bridgehead atoms. The minimum Gasteiger partial charge on any atom is -0.399 e. The third kappa shape index (κ3) is 2.38. The molecule has 0 fully saturated rings. The number of nitrogens with two attached hydrogens (primary N) is 1. The van der Waals surface area contributed by atoms with Crippen LogP contribution in [0.15, 0.2) is 43.0 Å². The van der Waals surface area contributed by atoms with E-state index < -0.39 is 0 Å². The van der Waals surface area contributed by atoms with Gasteiger partial charge in [0.2, 0.25) is 0 Å². The first kappa shape index (κ1) is 12.2. The van der Waals surface area contributed by atoms with Gasteiger partial charge in [-0.15, -0.1) is 0 Å². The Bertz CT molecular complexity index is 586. The molecule has 2 rings (SSSR count). The fraction of sp³-hybridized carbons (Fsp3) is 0.125. The average molecular weight is 238 g/mol. The molecule has 1 aromatic carbocycles. The Balaban J connectivity index is 2.49. The van der Waals surface area contributed by atoms with Crippen LogP contribution in [0, 0.1) is 0 Å². The Labute approximate surface area is 108 Å². The fourth-order valence-electron chi connectivity index (χ4n) is 1.94. The van der Waals surface area contributed by atoms with E-state index in [-0.39, 0.29) is 0 Å². The molecule has 2 heteroatoms. The molecule has 0 aliphatic heterocycles. The van der Waals surface area contributed by atoms with E-state index in [2.05, 4.69) is 23.7 Å². The molecule has 2 aromatic rings. The van der Waals surface area contributed by atoms with Crippen LogP contribution in [0.4, 0.5) is 5.69 Å². The molecule has 1 heterocycles. The summed E-state index contributed by atoms with van der Waals surface area (Å²) in [5, 5.41) is 0. The average Bonchev–Trinajstić information content (AvgIpc) is 2.75. The van der Waals surface area contributed by atoms with E-state index in [1.165, 1.54) is 0 Å². The predicted octanol–water partition coefficient (Wildman–Crippen LogP) is 4.33. The van der Waals surface area contributed by atoms with E-state index in [0.29, 0.717) is 0 Å². The molecular weight excluding hydrogens is 220 g/mol. The van der Waals surface area contributed by atoms with Crippen molar-refractivity contribution in [2.45, 2.75) is 13.8 Å². The third-order valence-corrected chi connectivity index (χ3v) is 2.86. The number of hydrogen-bond donors (Lipinski definition) is 2. The van der Waals surface area contributed by atoms with Gasteiger partial charge in [0.1, 0.15) is 0 Å². The number of nitrogens with one attached hydrogen (secondary N) is 1. The van der Waals surface area contributed by atoms with Crippen molar-refractivity contribution >= 4 is 17.3 Å². The van der Waals surface area contributed by atoms with Crippen LogP contribution < -0.4 is 5.73 Å². The van der Waals surface area contributed by atoms with Crippen LogP contribution in [0.3, 0.4) is 0 Å². The number of nitrogen functional groups attached to an aromatic ring is 1. The lowest BCUT2D eigenvalue weighted by Crippen LogP contribution is -1.84. The zero-order valence-corrected chi connectivity index (χ0v) is 10.8. The van der Waals surface area contributed by atoms with Crippen LogP contribution >= 0.6 is 0 Å². The van der Waals surface area contributed by atoms with E-state index in [4.69, 9.17) is 5.73 Å². The maximum Gasteiger partial charge on any atom is 0.0464 e. The number of benzene rings is 1. The molecular formula is C16H18N2. The van der Waals surface area contributed by atoms with Crippen molar-refractivity contribution in [2.24, 2.45) is 0 Å². The summed E-state index contributed by atoms with van der Waals surface area (Å²) in [5.74, 6) is 0. The van der Waals surface area contributed by atoms with Crippen molar-refractivity contribution in [2.75, 3.05) is 5.73 Å². The predicted molar refractivity (Wildman–Crippen MR) is 80.1 cm³/mol. The summed E-state index contributed by atoms with van der Waals surface area (Å²) in [5.41, 5.74) is 12.0. The first-order valence-electron chi connectivity index (χ1n) is 5.99. The standard InChI is InChI=1S/C16H18N2/c1-4-5-15-14(11(2)3)10-16(18-15)12-6-8-13(17)9-7-12/h4-10,18H,2,17H2,1,3H3/b5-4-. The van der Waals surface area contributed by atoms with Gasteiger partial charge in [-0.05, 0) is 49.3 Å². The van der Waals surface area contributed by atoms with Crippen LogP contribution in [0.5, 0.6) is 0 Å². The Hall–Kier alpha value is -2.22. The summed E-state index contributed by atoms with van der Waals surface area (Å²) in [4.78, 5) is 3.41. The molecule has 0 radical (unpaired) electrons. The molecule has 1 aromatic heterocycles. The van der Waals surface area contributed by atoms with Gasteiger partial charge in [-0.3, -0.25) is 0 Å². The van der Waals surface area contributed by atoms with Crippen molar-refractivity contribution in [3.8, 4) is 11.3 Å². The Morgan fingerprint density at radius 1 is 1.28 bits per heavy atom. The molecule has 0 saturated carbocycles. The van der Waals surface area contributed by atoms with Crippen LogP contribution in [0.1, 0.15) is 25.1 Å². The van der Waals surface area contributed by atoms with Crippen molar-refractivity contribution in [3.63, 3.8) is 0 Å². The van der Waals surface area contributed by atoms with E-state index in [9.17, 15) is 0 Å². The van der Waals surface area contributed by atoms with Gasteiger partial charge in [0, 0.05) is 22.6 Å². The molecule has 3 N–H and O–H groups in total. The number of anilines is 1. The smallest absolute Gasteiger partial charge is 0.0464 e. The maximum absolute atomic E-state index is 5.70. The number of hydrogen-bond acceptors (Lipinski definition) is 1. The van der Waals surface area contributed by atoms with E-state index in [1.54, 1.807) is 0 Å². The summed E-state index contributed by atoms with van der Waals surface area (Å²) < 4.78 is 0. The van der Waals surface area contributed by atoms with E-state index in [0.717, 1.165) is 33.8 Å². The second-order valence-corrected chi connectivity index (χ2v) is 4.41. The lowest BCUT2D eigenvalue weighted by molar-refractivity contribution is 1.36. The molecule has 0 spiro atoms. The van der Waals surface area contributed by atoms with Crippen molar-refractivity contribution in [1.29, 1.82) is 0 Å². The van der Waals surface area contributed by atoms with Crippen molar-refractivity contribution in [1.82, 2.24) is 4.98 Å². The minimum atomic E-state index is 0.777. The molecule has 18 heavy (non-hydrogen) atoms. The highest BCUT2D eigenvalue weighted by Crippen LogP contribution is 2.27. The summed E-state index contributed by atoms with van der Waals surface area (Å²) in [6.45, 7) is 8.04. The highest BCUT2D eigenvalue weighted by atomic mass is 14.7. The molecule has 0 unspecified atom stereocenters. The second-order valence-electron chi connectivity index (χ2n) is 4.41. The van der Waals surface area contributed by atoms with Gasteiger partial charge in [-0.2, -0.15) is 0 Å². The maximum atomic E-state index is 5.70. The molecule has 0 atom stereocenters. The number of aromatic amines is 1. The largest absolute Gasteiger partial charge is 0.399 e. The molecule has 0 saturated heterocycles. The SMILES string of the molecule is C=C(C)c1cc(-c2ccc(N)cc2)[nH]c1/C=C\C. The lowest BCUT2D eigenvalue weighted by atomic mass is 10.1. The van der Waals surface area contributed by atoms with E-state index >= 15 is 0 Å². The van der Waals surface area contributed by atoms with Crippen molar-refractivity contribution < 1.29 is 0 Å². The Kier molecular flexibility index (Phi) is 3.38. The van der Waals surface area contributed by atoms with Gasteiger partial charge in [0.25, 0.3) is 0 Å². The summed E-state index contributed by atoms with van der Waals surface area (Å²) >= 11 is 0. The number of rotatable bonds is 3. The lowest BCUT2D eigenvalue weighted by Gasteiger charge is -1.98. The molecule has 0 aliphatic rings. The molecule has 92 valence electrons. The number of H-pyrrole nitrogens is 1. The first-order chi connectivity index (χ1) is 8.61. The normalized spacial score (nSPS) is 11.0. The minimum absolute atomic E-state index is 0.777. The van der Waals surface area contributed by atoms with Gasteiger partial charge in [0.05, 0.1) is 0 Å². The van der Waals surface area contributed by atoms with Crippen molar-refractivity contribution in [3.05, 3.63) is 54.2 Å². The zero-order chi connectivity index (χ0) is 13.1. The van der Waals surface area contributed by atoms with Crippen LogP contribution in [0.25, 0.3) is 22.9 Å². The molecule has 2 nitrogen and oxygen atoms in total. The number of aromatic nitrogens is 1. The van der Waals surface area contributed by atoms with Gasteiger partial charge in [0.15, 0.2) is 0 Å². The summed E-state index contributed by atoms with van der Waals surface area (Å²) in [7, 11) is 0. The van der Waals surface area contributed by atoms with Gasteiger partial charge >= 0.3 is 0 Å². The molecule has 0 aliphatic carbocycles. The highest BCUT2D eigenvalue weighted by molar-refractivity contribution is 5.76. The fourth-order valence-corrected chi connectivity index (χ4v) is 1.94. The Morgan fingerprint density at radius 2 is 1.94 bits per heavy atom. The van der Waals surface area contributed by atoms with Gasteiger partial charge in [-0.1, -0.05) is 24.8 Å². The van der Waals surface area contributed by atoms with Crippen LogP contribution in [-0.2, 0) is 0 Å². The zero-order valence-electron chi connectivity index (χ0n) is 10.8. The monoisotopic (exact) mass is 238 g/mol.